The zero-order valence-electron chi connectivity index (χ0n) is 14.5. The van der Waals surface area contributed by atoms with Gasteiger partial charge in [-0.05, 0) is 30.7 Å². The van der Waals surface area contributed by atoms with E-state index < -0.39 is 0 Å². The largest absolute Gasteiger partial charge is 0.493 e. The van der Waals surface area contributed by atoms with Crippen LogP contribution in [-0.4, -0.2) is 47.6 Å². The van der Waals surface area contributed by atoms with Crippen molar-refractivity contribution in [2.45, 2.75) is 13.5 Å². The molecule has 0 amide bonds. The molecule has 1 heterocycles. The third kappa shape index (κ3) is 4.81. The number of benzene rings is 2. The summed E-state index contributed by atoms with van der Waals surface area (Å²) in [5, 5.41) is 0. The predicted octanol–water partition coefficient (Wildman–Crippen LogP) is 4.34. The molecule has 132 valence electrons. The molecule has 25 heavy (non-hydrogen) atoms. The molecular formula is C20H23BrN2OS. The number of rotatable bonds is 5. The van der Waals surface area contributed by atoms with E-state index >= 15 is 0 Å². The molecule has 0 aromatic heterocycles. The number of hydrogen-bond acceptors (Lipinski definition) is 3. The zero-order chi connectivity index (χ0) is 17.6. The SMILES string of the molecule is CCOc1ccc(Br)cc1C(=S)N1CCN(Cc2ccccc2)CC1. The fourth-order valence-electron chi connectivity index (χ4n) is 3.07. The van der Waals surface area contributed by atoms with Gasteiger partial charge in [0.05, 0.1) is 12.2 Å². The molecule has 1 saturated heterocycles. The van der Waals surface area contributed by atoms with Crippen LogP contribution in [0.3, 0.4) is 0 Å². The number of ether oxygens (including phenoxy) is 1. The van der Waals surface area contributed by atoms with Crippen molar-refractivity contribution in [3.63, 3.8) is 0 Å². The summed E-state index contributed by atoms with van der Waals surface area (Å²) in [6.45, 7) is 7.58. The minimum atomic E-state index is 0.641. The lowest BCUT2D eigenvalue weighted by Crippen LogP contribution is -2.48. The van der Waals surface area contributed by atoms with Crippen molar-refractivity contribution in [1.29, 1.82) is 0 Å². The van der Waals surface area contributed by atoms with Crippen molar-refractivity contribution in [2.75, 3.05) is 32.8 Å². The van der Waals surface area contributed by atoms with E-state index in [0.717, 1.165) is 53.5 Å². The van der Waals surface area contributed by atoms with Gasteiger partial charge >= 0.3 is 0 Å². The highest BCUT2D eigenvalue weighted by atomic mass is 79.9. The molecule has 2 aromatic carbocycles. The summed E-state index contributed by atoms with van der Waals surface area (Å²) in [5.41, 5.74) is 2.37. The molecule has 2 aromatic rings. The molecule has 0 N–H and O–H groups in total. The van der Waals surface area contributed by atoms with Gasteiger partial charge in [0.15, 0.2) is 0 Å². The first-order valence-electron chi connectivity index (χ1n) is 8.65. The molecule has 1 fully saturated rings. The van der Waals surface area contributed by atoms with Crippen LogP contribution in [0, 0.1) is 0 Å². The van der Waals surface area contributed by atoms with Gasteiger partial charge in [0.2, 0.25) is 0 Å². The lowest BCUT2D eigenvalue weighted by Gasteiger charge is -2.36. The molecule has 0 spiro atoms. The summed E-state index contributed by atoms with van der Waals surface area (Å²) in [5.74, 6) is 0.863. The Balaban J connectivity index is 1.63. The van der Waals surface area contributed by atoms with Gasteiger partial charge in [0.25, 0.3) is 0 Å². The maximum atomic E-state index is 5.78. The highest BCUT2D eigenvalue weighted by molar-refractivity contribution is 9.10. The molecule has 1 aliphatic rings. The summed E-state index contributed by atoms with van der Waals surface area (Å²) in [4.78, 5) is 5.66. The van der Waals surface area contributed by atoms with Gasteiger partial charge in [0, 0.05) is 37.2 Å². The van der Waals surface area contributed by atoms with Gasteiger partial charge in [0.1, 0.15) is 10.7 Å². The average Bonchev–Trinajstić information content (AvgIpc) is 2.64. The fraction of sp³-hybridized carbons (Fsp3) is 0.350. The van der Waals surface area contributed by atoms with Gasteiger partial charge in [-0.3, -0.25) is 4.90 Å². The van der Waals surface area contributed by atoms with E-state index in [9.17, 15) is 0 Å². The molecule has 0 bridgehead atoms. The molecule has 3 nitrogen and oxygen atoms in total. The standard InChI is InChI=1S/C20H23BrN2OS/c1-2-24-19-9-8-17(21)14-18(19)20(25)23-12-10-22(11-13-23)15-16-6-4-3-5-7-16/h3-9,14H,2,10-13,15H2,1H3. The smallest absolute Gasteiger partial charge is 0.129 e. The highest BCUT2D eigenvalue weighted by Gasteiger charge is 2.22. The quantitative estimate of drug-likeness (QED) is 0.670. The van der Waals surface area contributed by atoms with E-state index in [1.54, 1.807) is 0 Å². The first-order valence-corrected chi connectivity index (χ1v) is 9.85. The van der Waals surface area contributed by atoms with Crippen LogP contribution in [0.5, 0.6) is 5.75 Å². The van der Waals surface area contributed by atoms with Gasteiger partial charge in [-0.25, -0.2) is 0 Å². The second kappa shape index (κ2) is 8.79. The first kappa shape index (κ1) is 18.4. The number of halogens is 1. The molecule has 0 aliphatic carbocycles. The van der Waals surface area contributed by atoms with Gasteiger partial charge in [-0.1, -0.05) is 58.5 Å². The van der Waals surface area contributed by atoms with Gasteiger partial charge in [-0.15, -0.1) is 0 Å². The Morgan fingerprint density at radius 3 is 2.48 bits per heavy atom. The van der Waals surface area contributed by atoms with Crippen LogP contribution in [0.15, 0.2) is 53.0 Å². The van der Waals surface area contributed by atoms with E-state index in [1.165, 1.54) is 5.56 Å². The first-order chi connectivity index (χ1) is 12.2. The summed E-state index contributed by atoms with van der Waals surface area (Å²) >= 11 is 9.32. The van der Waals surface area contributed by atoms with E-state index in [0.29, 0.717) is 6.61 Å². The molecule has 0 saturated carbocycles. The summed E-state index contributed by atoms with van der Waals surface area (Å²) in [6.07, 6.45) is 0. The number of hydrogen-bond donors (Lipinski definition) is 0. The lowest BCUT2D eigenvalue weighted by atomic mass is 10.1. The number of piperazine rings is 1. The van der Waals surface area contributed by atoms with E-state index in [-0.39, 0.29) is 0 Å². The Morgan fingerprint density at radius 2 is 1.80 bits per heavy atom. The van der Waals surface area contributed by atoms with Crippen LogP contribution in [-0.2, 0) is 6.54 Å². The van der Waals surface area contributed by atoms with Crippen molar-refractivity contribution >= 4 is 33.1 Å². The topological polar surface area (TPSA) is 15.7 Å². The Bertz CT molecular complexity index is 715. The number of nitrogens with zero attached hydrogens (tertiary/aromatic N) is 2. The molecule has 3 rings (SSSR count). The van der Waals surface area contributed by atoms with Gasteiger partial charge < -0.3 is 9.64 Å². The van der Waals surface area contributed by atoms with Crippen LogP contribution in [0.4, 0.5) is 0 Å². The van der Waals surface area contributed by atoms with Crippen LogP contribution < -0.4 is 4.74 Å². The Kier molecular flexibility index (Phi) is 6.45. The Hall–Kier alpha value is -1.43. The van der Waals surface area contributed by atoms with E-state index in [4.69, 9.17) is 17.0 Å². The third-order valence-corrected chi connectivity index (χ3v) is 5.35. The van der Waals surface area contributed by atoms with Crippen LogP contribution >= 0.6 is 28.1 Å². The Morgan fingerprint density at radius 1 is 1.08 bits per heavy atom. The average molecular weight is 419 g/mol. The minimum Gasteiger partial charge on any atom is -0.493 e. The Labute approximate surface area is 163 Å². The van der Waals surface area contributed by atoms with Crippen molar-refractivity contribution in [2.24, 2.45) is 0 Å². The van der Waals surface area contributed by atoms with Crippen LogP contribution in [0.25, 0.3) is 0 Å². The minimum absolute atomic E-state index is 0.641. The van der Waals surface area contributed by atoms with Crippen molar-refractivity contribution in [3.05, 3.63) is 64.1 Å². The van der Waals surface area contributed by atoms with E-state index in [1.807, 2.05) is 19.1 Å². The van der Waals surface area contributed by atoms with Gasteiger partial charge in [-0.2, -0.15) is 0 Å². The fourth-order valence-corrected chi connectivity index (χ4v) is 3.77. The summed E-state index contributed by atoms with van der Waals surface area (Å²) in [7, 11) is 0. The molecule has 5 heteroatoms. The predicted molar refractivity (Wildman–Crippen MR) is 110 cm³/mol. The highest BCUT2D eigenvalue weighted by Crippen LogP contribution is 2.26. The normalized spacial score (nSPS) is 15.2. The van der Waals surface area contributed by atoms with Crippen molar-refractivity contribution in [1.82, 2.24) is 9.80 Å². The molecular weight excluding hydrogens is 396 g/mol. The summed E-state index contributed by atoms with van der Waals surface area (Å²) in [6, 6.07) is 16.7. The number of thiocarbonyl (C=S) groups is 1. The van der Waals surface area contributed by atoms with E-state index in [2.05, 4.69) is 62.1 Å². The van der Waals surface area contributed by atoms with Crippen LogP contribution in [0.1, 0.15) is 18.1 Å². The maximum Gasteiger partial charge on any atom is 0.129 e. The maximum absolute atomic E-state index is 5.78. The lowest BCUT2D eigenvalue weighted by molar-refractivity contribution is 0.177. The second-order valence-electron chi connectivity index (χ2n) is 6.13. The molecule has 0 radical (unpaired) electrons. The van der Waals surface area contributed by atoms with Crippen LogP contribution in [0.2, 0.25) is 0 Å². The third-order valence-electron chi connectivity index (χ3n) is 4.38. The monoisotopic (exact) mass is 418 g/mol. The summed E-state index contributed by atoms with van der Waals surface area (Å²) < 4.78 is 6.78. The second-order valence-corrected chi connectivity index (χ2v) is 7.43. The molecule has 0 unspecified atom stereocenters. The van der Waals surface area contributed by atoms with Crippen molar-refractivity contribution in [3.8, 4) is 5.75 Å². The molecule has 1 aliphatic heterocycles. The molecule has 0 atom stereocenters. The van der Waals surface area contributed by atoms with Crippen molar-refractivity contribution < 1.29 is 4.74 Å². The zero-order valence-corrected chi connectivity index (χ0v) is 16.9.